The number of rotatable bonds is 16. The van der Waals surface area contributed by atoms with Crippen LogP contribution in [0.15, 0.2) is 54.6 Å². The van der Waals surface area contributed by atoms with Gasteiger partial charge < -0.3 is 25.0 Å². The third-order valence-corrected chi connectivity index (χ3v) is 7.33. The summed E-state index contributed by atoms with van der Waals surface area (Å²) in [6.45, 7) is 15.5. The SMILES string of the molecule is CCOC(=O)CCNC(=O)C(c1ccc(CC)cc1)N(C(=O)C(Cc1ccccc1)NC(=O)OC(C)(C)C)C(C)CCC(C)C. The van der Waals surface area contributed by atoms with Gasteiger partial charge in [0, 0.05) is 19.0 Å². The molecule has 3 atom stereocenters. The lowest BCUT2D eigenvalue weighted by Crippen LogP contribution is -2.56. The Hall–Kier alpha value is -3.88. The molecule has 2 N–H and O–H groups in total. The fourth-order valence-electron chi connectivity index (χ4n) is 4.98. The first-order valence-electron chi connectivity index (χ1n) is 16.1. The zero-order valence-electron chi connectivity index (χ0n) is 28.4. The first-order valence-corrected chi connectivity index (χ1v) is 16.1. The van der Waals surface area contributed by atoms with Crippen molar-refractivity contribution in [3.05, 3.63) is 71.3 Å². The van der Waals surface area contributed by atoms with Gasteiger partial charge in [-0.25, -0.2) is 4.79 Å². The number of carbonyl (C=O) groups is 4. The van der Waals surface area contributed by atoms with Crippen LogP contribution in [-0.2, 0) is 36.7 Å². The van der Waals surface area contributed by atoms with Gasteiger partial charge in [0.1, 0.15) is 17.7 Å². The van der Waals surface area contributed by atoms with Crippen LogP contribution in [0, 0.1) is 5.92 Å². The van der Waals surface area contributed by atoms with Crippen molar-refractivity contribution in [2.24, 2.45) is 5.92 Å². The van der Waals surface area contributed by atoms with Crippen LogP contribution in [0.3, 0.4) is 0 Å². The Balaban J connectivity index is 2.60. The van der Waals surface area contributed by atoms with Crippen LogP contribution in [0.4, 0.5) is 4.79 Å². The second-order valence-electron chi connectivity index (χ2n) is 12.8. The van der Waals surface area contributed by atoms with Crippen molar-refractivity contribution in [3.63, 3.8) is 0 Å². The van der Waals surface area contributed by atoms with Gasteiger partial charge in [0.15, 0.2) is 0 Å². The Labute approximate surface area is 269 Å². The van der Waals surface area contributed by atoms with Crippen LogP contribution in [0.2, 0.25) is 0 Å². The number of benzene rings is 2. The Kier molecular flexibility index (Phi) is 15.1. The summed E-state index contributed by atoms with van der Waals surface area (Å²) in [6, 6.07) is 14.7. The largest absolute Gasteiger partial charge is 0.466 e. The maximum Gasteiger partial charge on any atom is 0.408 e. The van der Waals surface area contributed by atoms with Crippen molar-refractivity contribution in [2.45, 2.75) is 111 Å². The van der Waals surface area contributed by atoms with E-state index in [-0.39, 0.29) is 32.0 Å². The predicted octanol–water partition coefficient (Wildman–Crippen LogP) is 6.15. The standard InChI is InChI=1S/C36H53N3O6/c1-9-27-18-20-29(21-19-27)32(33(41)37-23-22-31(40)44-10-2)39(26(5)17-16-25(3)4)34(42)30(24-28-14-12-11-13-15-28)38-35(43)45-36(6,7)8/h11-15,18-21,25-26,30,32H,9-10,16-17,22-24H2,1-8H3,(H,37,41)(H,38,43). The van der Waals surface area contributed by atoms with Crippen LogP contribution < -0.4 is 10.6 Å². The summed E-state index contributed by atoms with van der Waals surface area (Å²) in [4.78, 5) is 55.5. The molecule has 0 aliphatic heterocycles. The van der Waals surface area contributed by atoms with Gasteiger partial charge in [-0.05, 0) is 76.5 Å². The smallest absolute Gasteiger partial charge is 0.408 e. The molecular weight excluding hydrogens is 570 g/mol. The van der Waals surface area contributed by atoms with Crippen molar-refractivity contribution in [1.82, 2.24) is 15.5 Å². The molecule has 248 valence electrons. The van der Waals surface area contributed by atoms with E-state index >= 15 is 0 Å². The van der Waals surface area contributed by atoms with E-state index in [1.165, 1.54) is 0 Å². The fraction of sp³-hybridized carbons (Fsp3) is 0.556. The van der Waals surface area contributed by atoms with Gasteiger partial charge in [0.2, 0.25) is 11.8 Å². The molecule has 3 amide bonds. The van der Waals surface area contributed by atoms with Gasteiger partial charge in [-0.2, -0.15) is 0 Å². The Morgan fingerprint density at radius 2 is 1.51 bits per heavy atom. The fourth-order valence-corrected chi connectivity index (χ4v) is 4.98. The predicted molar refractivity (Wildman–Crippen MR) is 177 cm³/mol. The summed E-state index contributed by atoms with van der Waals surface area (Å²) >= 11 is 0. The van der Waals surface area contributed by atoms with Crippen LogP contribution in [0.25, 0.3) is 0 Å². The van der Waals surface area contributed by atoms with Crippen molar-refractivity contribution in [1.29, 1.82) is 0 Å². The number of amides is 3. The molecule has 0 spiro atoms. The van der Waals surface area contributed by atoms with Crippen LogP contribution in [0.5, 0.6) is 0 Å². The highest BCUT2D eigenvalue weighted by Crippen LogP contribution is 2.28. The number of nitrogens with zero attached hydrogens (tertiary/aromatic N) is 1. The van der Waals surface area contributed by atoms with Crippen LogP contribution in [-0.4, -0.2) is 59.6 Å². The molecule has 0 bridgehead atoms. The minimum Gasteiger partial charge on any atom is -0.466 e. The normalized spacial score (nSPS) is 13.4. The van der Waals surface area contributed by atoms with E-state index in [4.69, 9.17) is 9.47 Å². The van der Waals surface area contributed by atoms with E-state index in [1.807, 2.05) is 61.5 Å². The number of ether oxygens (including phenoxy) is 2. The second-order valence-corrected chi connectivity index (χ2v) is 12.8. The topological polar surface area (TPSA) is 114 Å². The number of nitrogens with one attached hydrogen (secondary N) is 2. The summed E-state index contributed by atoms with van der Waals surface area (Å²) in [5.41, 5.74) is 1.82. The number of alkyl carbamates (subject to hydrolysis) is 1. The number of hydrogen-bond donors (Lipinski definition) is 2. The molecule has 0 saturated heterocycles. The third-order valence-electron chi connectivity index (χ3n) is 7.33. The number of carbonyl (C=O) groups excluding carboxylic acids is 4. The lowest BCUT2D eigenvalue weighted by molar-refractivity contribution is -0.146. The van der Waals surface area contributed by atoms with E-state index < -0.39 is 41.6 Å². The highest BCUT2D eigenvalue weighted by atomic mass is 16.6. The maximum absolute atomic E-state index is 14.7. The van der Waals surface area contributed by atoms with Gasteiger partial charge in [0.25, 0.3) is 0 Å². The molecule has 0 heterocycles. The lowest BCUT2D eigenvalue weighted by Gasteiger charge is -2.39. The summed E-state index contributed by atoms with van der Waals surface area (Å²) in [5.74, 6) is -0.843. The van der Waals surface area contributed by atoms with Crippen LogP contribution >= 0.6 is 0 Å². The summed E-state index contributed by atoms with van der Waals surface area (Å²) < 4.78 is 10.6. The molecule has 2 aromatic rings. The summed E-state index contributed by atoms with van der Waals surface area (Å²) in [5, 5.41) is 5.68. The highest BCUT2D eigenvalue weighted by molar-refractivity contribution is 5.92. The van der Waals surface area contributed by atoms with Crippen LogP contribution in [0.1, 0.15) is 97.4 Å². The molecule has 0 aromatic heterocycles. The summed E-state index contributed by atoms with van der Waals surface area (Å²) in [7, 11) is 0. The van der Waals surface area contributed by atoms with Crippen molar-refractivity contribution in [3.8, 4) is 0 Å². The van der Waals surface area contributed by atoms with Gasteiger partial charge in [-0.15, -0.1) is 0 Å². The van der Waals surface area contributed by atoms with Crippen molar-refractivity contribution in [2.75, 3.05) is 13.2 Å². The first kappa shape index (κ1) is 37.3. The molecular formula is C36H53N3O6. The van der Waals surface area contributed by atoms with Gasteiger partial charge in [-0.1, -0.05) is 75.4 Å². The average Bonchev–Trinajstić information content (AvgIpc) is 2.97. The molecule has 3 unspecified atom stereocenters. The van der Waals surface area contributed by atoms with E-state index in [0.29, 0.717) is 17.9 Å². The molecule has 45 heavy (non-hydrogen) atoms. The third kappa shape index (κ3) is 12.9. The molecule has 0 aliphatic rings. The quantitative estimate of drug-likeness (QED) is 0.217. The Morgan fingerprint density at radius 1 is 0.867 bits per heavy atom. The average molecular weight is 624 g/mol. The van der Waals surface area contributed by atoms with Gasteiger partial charge in [0.05, 0.1) is 13.0 Å². The summed E-state index contributed by atoms with van der Waals surface area (Å²) in [6.07, 6.45) is 1.80. The van der Waals surface area contributed by atoms with E-state index in [2.05, 4.69) is 31.4 Å². The first-order chi connectivity index (χ1) is 21.2. The molecule has 0 saturated carbocycles. The number of aryl methyl sites for hydroxylation is 1. The van der Waals surface area contributed by atoms with Gasteiger partial charge in [-0.3, -0.25) is 14.4 Å². The monoisotopic (exact) mass is 623 g/mol. The van der Waals surface area contributed by atoms with Crippen molar-refractivity contribution >= 4 is 23.9 Å². The molecule has 9 heteroatoms. The zero-order chi connectivity index (χ0) is 33.6. The second kappa shape index (κ2) is 18.2. The van der Waals surface area contributed by atoms with Crippen molar-refractivity contribution < 1.29 is 28.7 Å². The lowest BCUT2D eigenvalue weighted by atomic mass is 9.95. The zero-order valence-corrected chi connectivity index (χ0v) is 28.4. The number of hydrogen-bond acceptors (Lipinski definition) is 6. The highest BCUT2D eigenvalue weighted by Gasteiger charge is 2.39. The Bertz CT molecular complexity index is 1220. The maximum atomic E-state index is 14.7. The Morgan fingerprint density at radius 3 is 2.07 bits per heavy atom. The molecule has 0 fully saturated rings. The molecule has 2 rings (SSSR count). The minimum absolute atomic E-state index is 0.00868. The van der Waals surface area contributed by atoms with Gasteiger partial charge >= 0.3 is 12.1 Å². The minimum atomic E-state index is -1.01. The molecule has 9 nitrogen and oxygen atoms in total. The molecule has 2 aromatic carbocycles. The van der Waals surface area contributed by atoms with E-state index in [0.717, 1.165) is 24.0 Å². The van der Waals surface area contributed by atoms with E-state index in [9.17, 15) is 19.2 Å². The molecule has 0 aliphatic carbocycles. The number of esters is 1. The molecule has 0 radical (unpaired) electrons. The van der Waals surface area contributed by atoms with E-state index in [1.54, 1.807) is 32.6 Å².